The highest BCUT2D eigenvalue weighted by molar-refractivity contribution is 5.75. The molecule has 3 rings (SSSR count). The molecule has 1 aromatic rings. The van der Waals surface area contributed by atoms with Crippen molar-refractivity contribution >= 4 is 6.03 Å². The van der Waals surface area contributed by atoms with Crippen molar-refractivity contribution < 1.29 is 14.3 Å². The Morgan fingerprint density at radius 2 is 1.86 bits per heavy atom. The Balaban J connectivity index is 1.46. The van der Waals surface area contributed by atoms with E-state index in [1.165, 1.54) is 6.07 Å². The lowest BCUT2D eigenvalue weighted by Crippen LogP contribution is -2.45. The lowest BCUT2D eigenvalue weighted by molar-refractivity contribution is 0.117. The van der Waals surface area contributed by atoms with Gasteiger partial charge in [-0.05, 0) is 43.7 Å². The maximum absolute atomic E-state index is 13.6. The van der Waals surface area contributed by atoms with Gasteiger partial charge in [0.05, 0.1) is 6.10 Å². The second-order valence-corrected chi connectivity index (χ2v) is 6.09. The predicted molar refractivity (Wildman–Crippen MR) is 77.5 cm³/mol. The lowest BCUT2D eigenvalue weighted by atomic mass is 9.93. The zero-order chi connectivity index (χ0) is 14.8. The monoisotopic (exact) mass is 292 g/mol. The van der Waals surface area contributed by atoms with Gasteiger partial charge in [-0.3, -0.25) is 0 Å². The van der Waals surface area contributed by atoms with Crippen LogP contribution < -0.4 is 10.6 Å². The third-order valence-corrected chi connectivity index (χ3v) is 4.44. The number of urea groups is 1. The van der Waals surface area contributed by atoms with Crippen LogP contribution in [0.1, 0.15) is 43.6 Å². The molecule has 0 spiro atoms. The molecule has 2 aliphatic carbocycles. The van der Waals surface area contributed by atoms with E-state index in [9.17, 15) is 14.3 Å². The maximum Gasteiger partial charge on any atom is 0.315 e. The third-order valence-electron chi connectivity index (χ3n) is 4.44. The maximum atomic E-state index is 13.6. The summed E-state index contributed by atoms with van der Waals surface area (Å²) in [6.45, 7) is 0. The van der Waals surface area contributed by atoms with Gasteiger partial charge in [0.25, 0.3) is 0 Å². The summed E-state index contributed by atoms with van der Waals surface area (Å²) in [4.78, 5) is 11.9. The molecule has 2 amide bonds. The van der Waals surface area contributed by atoms with Crippen LogP contribution in [0.4, 0.5) is 9.18 Å². The van der Waals surface area contributed by atoms with Gasteiger partial charge in [-0.2, -0.15) is 0 Å². The van der Waals surface area contributed by atoms with E-state index >= 15 is 0 Å². The fourth-order valence-electron chi connectivity index (χ4n) is 3.09. The molecule has 1 aromatic carbocycles. The molecule has 3 N–H and O–H groups in total. The van der Waals surface area contributed by atoms with Gasteiger partial charge in [0.1, 0.15) is 5.82 Å². The first-order chi connectivity index (χ1) is 10.1. The zero-order valence-corrected chi connectivity index (χ0v) is 11.9. The van der Waals surface area contributed by atoms with Crippen LogP contribution in [0.25, 0.3) is 0 Å². The Kier molecular flexibility index (Phi) is 4.10. The molecule has 0 saturated heterocycles. The zero-order valence-electron chi connectivity index (χ0n) is 11.9. The Morgan fingerprint density at radius 1 is 1.14 bits per heavy atom. The van der Waals surface area contributed by atoms with Crippen LogP contribution in [0.15, 0.2) is 24.3 Å². The molecule has 0 radical (unpaired) electrons. The summed E-state index contributed by atoms with van der Waals surface area (Å²) in [5.74, 6) is -0.112. The van der Waals surface area contributed by atoms with Crippen LogP contribution in [0.3, 0.4) is 0 Å². The van der Waals surface area contributed by atoms with Crippen LogP contribution >= 0.6 is 0 Å². The number of rotatable bonds is 3. The molecule has 2 fully saturated rings. The molecule has 0 heterocycles. The summed E-state index contributed by atoms with van der Waals surface area (Å²) in [6.07, 6.45) is 3.68. The highest BCUT2D eigenvalue weighted by Crippen LogP contribution is 2.41. The minimum absolute atomic E-state index is 0.0241. The summed E-state index contributed by atoms with van der Waals surface area (Å²) in [5.41, 5.74) is 0.684. The van der Waals surface area contributed by atoms with Crippen LogP contribution in [0.2, 0.25) is 0 Å². The number of amides is 2. The first kappa shape index (κ1) is 14.3. The number of benzene rings is 1. The Bertz CT molecular complexity index is 515. The van der Waals surface area contributed by atoms with Crippen LogP contribution in [0.5, 0.6) is 0 Å². The molecule has 21 heavy (non-hydrogen) atoms. The lowest BCUT2D eigenvalue weighted by Gasteiger charge is -2.26. The summed E-state index contributed by atoms with van der Waals surface area (Å²) in [5, 5.41) is 15.3. The second-order valence-electron chi connectivity index (χ2n) is 6.09. The summed E-state index contributed by atoms with van der Waals surface area (Å²) in [6, 6.07) is 6.71. The number of hydrogen-bond acceptors (Lipinski definition) is 2. The number of carbonyl (C=O) groups excluding carboxylic acids is 1. The molecule has 2 saturated carbocycles. The largest absolute Gasteiger partial charge is 0.393 e. The van der Waals surface area contributed by atoms with Crippen LogP contribution in [-0.2, 0) is 0 Å². The molecule has 2 atom stereocenters. The standard InChI is InChI=1S/C16H21FN2O2/c17-14-4-2-1-3-12(14)13-9-15(13)19-16(21)18-10-5-7-11(20)8-6-10/h1-4,10-11,13,15,20H,5-9H2,(H2,18,19,21). The first-order valence-electron chi connectivity index (χ1n) is 7.63. The van der Waals surface area contributed by atoms with Gasteiger partial charge in [0, 0.05) is 18.0 Å². The van der Waals surface area contributed by atoms with Crippen molar-refractivity contribution in [3.63, 3.8) is 0 Å². The van der Waals surface area contributed by atoms with Gasteiger partial charge in [-0.25, -0.2) is 9.18 Å². The molecule has 2 unspecified atom stereocenters. The highest BCUT2D eigenvalue weighted by atomic mass is 19.1. The van der Waals surface area contributed by atoms with Gasteiger partial charge < -0.3 is 15.7 Å². The number of carbonyl (C=O) groups is 1. The Labute approximate surface area is 123 Å². The van der Waals surface area contributed by atoms with Gasteiger partial charge in [0.2, 0.25) is 0 Å². The number of aliphatic hydroxyl groups is 1. The molecule has 4 nitrogen and oxygen atoms in total. The SMILES string of the molecule is O=C(NC1CCC(O)CC1)NC1CC1c1ccccc1F. The van der Waals surface area contributed by atoms with E-state index in [1.807, 2.05) is 6.07 Å². The fourth-order valence-corrected chi connectivity index (χ4v) is 3.09. The molecule has 2 aliphatic rings. The topological polar surface area (TPSA) is 61.4 Å². The smallest absolute Gasteiger partial charge is 0.315 e. The van der Waals surface area contributed by atoms with Crippen LogP contribution in [-0.4, -0.2) is 29.3 Å². The molecule has 0 aliphatic heterocycles. The van der Waals surface area contributed by atoms with E-state index < -0.39 is 0 Å². The van der Waals surface area contributed by atoms with Crippen molar-refractivity contribution in [3.8, 4) is 0 Å². The van der Waals surface area contributed by atoms with Crippen molar-refractivity contribution in [1.82, 2.24) is 10.6 Å². The summed E-state index contributed by atoms with van der Waals surface area (Å²) < 4.78 is 13.6. The fraction of sp³-hybridized carbons (Fsp3) is 0.562. The number of halogens is 1. The van der Waals surface area contributed by atoms with E-state index in [0.717, 1.165) is 32.1 Å². The van der Waals surface area contributed by atoms with E-state index in [4.69, 9.17) is 0 Å². The van der Waals surface area contributed by atoms with Crippen molar-refractivity contribution in [2.45, 2.75) is 56.2 Å². The van der Waals surface area contributed by atoms with Gasteiger partial charge >= 0.3 is 6.03 Å². The quantitative estimate of drug-likeness (QED) is 0.800. The number of hydrogen-bond donors (Lipinski definition) is 3. The minimum atomic E-state index is -0.222. The van der Waals surface area contributed by atoms with E-state index in [0.29, 0.717) is 5.56 Å². The van der Waals surface area contributed by atoms with Crippen molar-refractivity contribution in [2.75, 3.05) is 0 Å². The Hall–Kier alpha value is -1.62. The molecular weight excluding hydrogens is 271 g/mol. The van der Waals surface area contributed by atoms with E-state index in [-0.39, 0.29) is 36.0 Å². The van der Waals surface area contributed by atoms with Gasteiger partial charge in [-0.15, -0.1) is 0 Å². The molecule has 5 heteroatoms. The molecule has 114 valence electrons. The summed E-state index contributed by atoms with van der Waals surface area (Å²) in [7, 11) is 0. The normalized spacial score (nSPS) is 31.5. The number of nitrogens with one attached hydrogen (secondary N) is 2. The van der Waals surface area contributed by atoms with Gasteiger partial charge in [-0.1, -0.05) is 18.2 Å². The van der Waals surface area contributed by atoms with Crippen molar-refractivity contribution in [2.24, 2.45) is 0 Å². The van der Waals surface area contributed by atoms with E-state index in [1.54, 1.807) is 12.1 Å². The van der Waals surface area contributed by atoms with Crippen molar-refractivity contribution in [3.05, 3.63) is 35.6 Å². The minimum Gasteiger partial charge on any atom is -0.393 e. The molecule has 0 bridgehead atoms. The van der Waals surface area contributed by atoms with Gasteiger partial charge in [0.15, 0.2) is 0 Å². The first-order valence-corrected chi connectivity index (χ1v) is 7.63. The van der Waals surface area contributed by atoms with E-state index in [2.05, 4.69) is 10.6 Å². The Morgan fingerprint density at radius 3 is 2.57 bits per heavy atom. The highest BCUT2D eigenvalue weighted by Gasteiger charge is 2.41. The number of aliphatic hydroxyl groups excluding tert-OH is 1. The average molecular weight is 292 g/mol. The van der Waals surface area contributed by atoms with Crippen LogP contribution in [0, 0.1) is 5.82 Å². The molecule has 0 aromatic heterocycles. The predicted octanol–water partition coefficient (Wildman–Crippen LogP) is 2.28. The molecular formula is C16H21FN2O2. The third kappa shape index (κ3) is 3.53. The van der Waals surface area contributed by atoms with Crippen molar-refractivity contribution in [1.29, 1.82) is 0 Å². The second kappa shape index (κ2) is 6.02. The average Bonchev–Trinajstić information content (AvgIpc) is 3.21. The summed E-state index contributed by atoms with van der Waals surface area (Å²) >= 11 is 0.